The highest BCUT2D eigenvalue weighted by Gasteiger charge is 2.40. The van der Waals surface area contributed by atoms with Gasteiger partial charge in [0.1, 0.15) is 4.88 Å². The first-order valence-electron chi connectivity index (χ1n) is 12.0. The number of thiophene rings is 1. The minimum Gasteiger partial charge on any atom is -0.465 e. The number of nitrogens with one attached hydrogen (secondary N) is 2. The van der Waals surface area contributed by atoms with Crippen LogP contribution in [0.2, 0.25) is 0 Å². The van der Waals surface area contributed by atoms with E-state index in [2.05, 4.69) is 67.2 Å². The molecule has 2 aromatic heterocycles. The highest BCUT2D eigenvalue weighted by molar-refractivity contribution is 7.12. The Balaban J connectivity index is 1.82. The molecule has 4 aromatic rings. The number of ether oxygens (including phenoxy) is 1. The Labute approximate surface area is 215 Å². The number of anilines is 1. The standard InChI is InChI=1S/C30H30N2O3S/c1-16-14-23(22-9-7-8-20-17(2)15-31-26(20)22)21(11-10-19-12-13-36-27(19)29(34)35-6)24-18(3)28(33)30(4,5)32-25(16)24/h7-9,12-15,18,28,31-33H,1-6H3/t18-,28+/m0/s1. The fourth-order valence-corrected chi connectivity index (χ4v) is 6.06. The van der Waals surface area contributed by atoms with E-state index in [1.807, 2.05) is 31.5 Å². The number of methoxy groups -OCH3 is 1. The molecule has 184 valence electrons. The van der Waals surface area contributed by atoms with E-state index in [4.69, 9.17) is 4.74 Å². The van der Waals surface area contributed by atoms with Gasteiger partial charge in [-0.3, -0.25) is 0 Å². The van der Waals surface area contributed by atoms with Gasteiger partial charge in [-0.15, -0.1) is 11.3 Å². The number of aryl methyl sites for hydroxylation is 2. The number of aliphatic hydroxyl groups excluding tert-OH is 1. The first-order valence-corrected chi connectivity index (χ1v) is 12.9. The Morgan fingerprint density at radius 3 is 2.67 bits per heavy atom. The van der Waals surface area contributed by atoms with Crippen LogP contribution >= 0.6 is 11.3 Å². The van der Waals surface area contributed by atoms with Crippen molar-refractivity contribution in [3.63, 3.8) is 0 Å². The highest BCUT2D eigenvalue weighted by atomic mass is 32.1. The molecule has 0 spiro atoms. The number of benzene rings is 2. The van der Waals surface area contributed by atoms with Crippen molar-refractivity contribution in [3.05, 3.63) is 74.6 Å². The molecule has 2 atom stereocenters. The molecular formula is C30H30N2O3S. The lowest BCUT2D eigenvalue weighted by molar-refractivity contribution is 0.0606. The van der Waals surface area contributed by atoms with Crippen LogP contribution in [0, 0.1) is 25.7 Å². The third-order valence-corrected chi connectivity index (χ3v) is 8.14. The van der Waals surface area contributed by atoms with E-state index in [0.29, 0.717) is 10.4 Å². The number of rotatable bonds is 2. The third-order valence-electron chi connectivity index (χ3n) is 7.25. The van der Waals surface area contributed by atoms with Crippen LogP contribution in [0.15, 0.2) is 41.9 Å². The molecule has 1 aliphatic heterocycles. The number of esters is 1. The summed E-state index contributed by atoms with van der Waals surface area (Å²) in [5.41, 5.74) is 8.42. The normalized spacial score (nSPS) is 18.2. The van der Waals surface area contributed by atoms with Crippen molar-refractivity contribution in [1.29, 1.82) is 0 Å². The zero-order chi connectivity index (χ0) is 25.8. The molecule has 2 aromatic carbocycles. The molecule has 0 radical (unpaired) electrons. The number of hydrogen-bond donors (Lipinski definition) is 3. The van der Waals surface area contributed by atoms with Crippen LogP contribution in [0.1, 0.15) is 64.2 Å². The summed E-state index contributed by atoms with van der Waals surface area (Å²) < 4.78 is 4.95. The van der Waals surface area contributed by atoms with Crippen LogP contribution in [0.25, 0.3) is 22.0 Å². The van der Waals surface area contributed by atoms with Gasteiger partial charge < -0.3 is 20.1 Å². The molecule has 0 aliphatic carbocycles. The molecule has 3 N–H and O–H groups in total. The van der Waals surface area contributed by atoms with Crippen LogP contribution in [0.4, 0.5) is 5.69 Å². The number of carbonyl (C=O) groups is 1. The zero-order valence-corrected chi connectivity index (χ0v) is 22.2. The van der Waals surface area contributed by atoms with Crippen LogP contribution in [-0.4, -0.2) is 34.8 Å². The smallest absolute Gasteiger partial charge is 0.349 e. The zero-order valence-electron chi connectivity index (χ0n) is 21.4. The summed E-state index contributed by atoms with van der Waals surface area (Å²) in [5.74, 6) is 6.14. The monoisotopic (exact) mass is 498 g/mol. The van der Waals surface area contributed by atoms with Gasteiger partial charge in [0.25, 0.3) is 0 Å². The summed E-state index contributed by atoms with van der Waals surface area (Å²) in [6.07, 6.45) is 1.42. The number of para-hydroxylation sites is 1. The second kappa shape index (κ2) is 8.85. The van der Waals surface area contributed by atoms with Gasteiger partial charge in [-0.1, -0.05) is 37.0 Å². The molecule has 0 saturated heterocycles. The lowest BCUT2D eigenvalue weighted by Crippen LogP contribution is -2.50. The van der Waals surface area contributed by atoms with Crippen molar-refractivity contribution in [1.82, 2.24) is 4.98 Å². The predicted octanol–water partition coefficient (Wildman–Crippen LogP) is 6.37. The molecule has 5 rings (SSSR count). The van der Waals surface area contributed by atoms with Gasteiger partial charge in [-0.2, -0.15) is 0 Å². The summed E-state index contributed by atoms with van der Waals surface area (Å²) >= 11 is 1.32. The summed E-state index contributed by atoms with van der Waals surface area (Å²) in [6.45, 7) is 10.3. The maximum absolute atomic E-state index is 12.3. The van der Waals surface area contributed by atoms with E-state index in [0.717, 1.165) is 39.0 Å². The third kappa shape index (κ3) is 3.80. The summed E-state index contributed by atoms with van der Waals surface area (Å²) in [4.78, 5) is 16.2. The Morgan fingerprint density at radius 2 is 1.92 bits per heavy atom. The van der Waals surface area contributed by atoms with Crippen molar-refractivity contribution < 1.29 is 14.6 Å². The summed E-state index contributed by atoms with van der Waals surface area (Å²) in [5, 5.41) is 17.8. The molecule has 36 heavy (non-hydrogen) atoms. The second-order valence-corrected chi connectivity index (χ2v) is 11.0. The number of hydrogen-bond acceptors (Lipinski definition) is 5. The fraction of sp³-hybridized carbons (Fsp3) is 0.300. The molecule has 1 aliphatic rings. The van der Waals surface area contributed by atoms with E-state index in [-0.39, 0.29) is 11.9 Å². The largest absolute Gasteiger partial charge is 0.465 e. The number of aliphatic hydroxyl groups is 1. The van der Waals surface area contributed by atoms with Crippen molar-refractivity contribution in [2.24, 2.45) is 0 Å². The molecule has 5 nitrogen and oxygen atoms in total. The van der Waals surface area contributed by atoms with E-state index in [1.165, 1.54) is 29.4 Å². The van der Waals surface area contributed by atoms with Gasteiger partial charge in [0.15, 0.2) is 0 Å². The molecule has 0 amide bonds. The van der Waals surface area contributed by atoms with Gasteiger partial charge in [0, 0.05) is 39.9 Å². The van der Waals surface area contributed by atoms with Crippen molar-refractivity contribution in [2.75, 3.05) is 12.4 Å². The minimum absolute atomic E-state index is 0.147. The average Bonchev–Trinajstić information content (AvgIpc) is 3.48. The molecule has 0 unspecified atom stereocenters. The molecule has 0 saturated carbocycles. The second-order valence-electron chi connectivity index (χ2n) is 10.1. The molecule has 0 bridgehead atoms. The van der Waals surface area contributed by atoms with Crippen molar-refractivity contribution >= 4 is 33.9 Å². The quantitative estimate of drug-likeness (QED) is 0.222. The van der Waals surface area contributed by atoms with Crippen LogP contribution in [0.5, 0.6) is 0 Å². The topological polar surface area (TPSA) is 74.4 Å². The predicted molar refractivity (Wildman–Crippen MR) is 147 cm³/mol. The average molecular weight is 499 g/mol. The Kier molecular flexibility index (Phi) is 5.94. The van der Waals surface area contributed by atoms with E-state index in [1.54, 1.807) is 0 Å². The number of H-pyrrole nitrogens is 1. The first-order chi connectivity index (χ1) is 17.1. The SMILES string of the molecule is COC(=O)c1sccc1C#Cc1c(-c2cccc3c(C)c[nH]c23)cc(C)c2c1[C@H](C)[C@@H](O)C(C)(C)N2. The Morgan fingerprint density at radius 1 is 1.14 bits per heavy atom. The van der Waals surface area contributed by atoms with Crippen LogP contribution in [0.3, 0.4) is 0 Å². The maximum atomic E-state index is 12.3. The molecule has 3 heterocycles. The fourth-order valence-electron chi connectivity index (χ4n) is 5.30. The number of aromatic nitrogens is 1. The minimum atomic E-state index is -0.601. The molecule has 6 heteroatoms. The van der Waals surface area contributed by atoms with E-state index in [9.17, 15) is 9.90 Å². The Hall–Kier alpha value is -3.53. The first kappa shape index (κ1) is 24.2. The summed E-state index contributed by atoms with van der Waals surface area (Å²) in [7, 11) is 1.38. The van der Waals surface area contributed by atoms with E-state index < -0.39 is 11.6 Å². The lowest BCUT2D eigenvalue weighted by Gasteiger charge is -2.43. The van der Waals surface area contributed by atoms with Crippen LogP contribution in [-0.2, 0) is 4.74 Å². The Bertz CT molecular complexity index is 1560. The summed E-state index contributed by atoms with van der Waals surface area (Å²) in [6, 6.07) is 10.3. The number of carbonyl (C=O) groups excluding carboxylic acids is 1. The van der Waals surface area contributed by atoms with Gasteiger partial charge >= 0.3 is 5.97 Å². The highest BCUT2D eigenvalue weighted by Crippen LogP contribution is 2.46. The molecular weight excluding hydrogens is 468 g/mol. The van der Waals surface area contributed by atoms with Gasteiger partial charge in [-0.05, 0) is 61.9 Å². The van der Waals surface area contributed by atoms with Gasteiger partial charge in [0.2, 0.25) is 0 Å². The van der Waals surface area contributed by atoms with Gasteiger partial charge in [-0.25, -0.2) is 4.79 Å². The van der Waals surface area contributed by atoms with Crippen molar-refractivity contribution in [3.8, 4) is 23.0 Å². The molecule has 0 fully saturated rings. The lowest BCUT2D eigenvalue weighted by atomic mass is 9.75. The van der Waals surface area contributed by atoms with Crippen molar-refractivity contribution in [2.45, 2.75) is 52.2 Å². The number of fused-ring (bicyclic) bond motifs is 2. The number of aromatic amines is 1. The maximum Gasteiger partial charge on any atom is 0.349 e. The van der Waals surface area contributed by atoms with E-state index >= 15 is 0 Å². The van der Waals surface area contributed by atoms with Gasteiger partial charge in [0.05, 0.1) is 29.8 Å². The van der Waals surface area contributed by atoms with Crippen LogP contribution < -0.4 is 5.32 Å².